The standard InChI is InChI=1S/C5H11FN2O3/c6-2(4(8)9)1-3(7)5(10)11/h2-4,9H,1,7-8H2,(H,10,11)/t2-,3-,4?/m0/s1/i6-1. The summed E-state index contributed by atoms with van der Waals surface area (Å²) in [6.07, 6.45) is -3.94. The molecule has 0 aliphatic heterocycles. The minimum atomic E-state index is -1.79. The Morgan fingerprint density at radius 1 is 1.55 bits per heavy atom. The molecular formula is C5H11FN2O3. The van der Waals surface area contributed by atoms with Crippen LogP contribution < -0.4 is 11.5 Å². The number of carbonyl (C=O) groups is 1. The summed E-state index contributed by atoms with van der Waals surface area (Å²) in [5.74, 6) is -1.31. The summed E-state index contributed by atoms with van der Waals surface area (Å²) in [6.45, 7) is 0. The zero-order valence-corrected chi connectivity index (χ0v) is 5.77. The zero-order chi connectivity index (χ0) is 9.02. The number of alkyl halides is 1. The zero-order valence-electron chi connectivity index (χ0n) is 5.77. The van der Waals surface area contributed by atoms with Gasteiger partial charge in [0, 0.05) is 6.42 Å². The second-order valence-corrected chi connectivity index (χ2v) is 2.19. The third-order valence-corrected chi connectivity index (χ3v) is 1.17. The van der Waals surface area contributed by atoms with Crippen LogP contribution in [0.2, 0.25) is 0 Å². The van der Waals surface area contributed by atoms with Crippen molar-refractivity contribution in [2.24, 2.45) is 11.5 Å². The van der Waals surface area contributed by atoms with Crippen LogP contribution in [-0.2, 0) is 4.79 Å². The molecule has 0 spiro atoms. The average molecular weight is 165 g/mol. The fraction of sp³-hybridized carbons (Fsp3) is 0.800. The first-order valence-electron chi connectivity index (χ1n) is 3.01. The predicted molar refractivity (Wildman–Crippen MR) is 35.3 cm³/mol. The van der Waals surface area contributed by atoms with Gasteiger partial charge in [-0.3, -0.25) is 4.79 Å². The van der Waals surface area contributed by atoms with Crippen molar-refractivity contribution >= 4 is 5.97 Å². The number of rotatable bonds is 4. The number of hydrogen-bond acceptors (Lipinski definition) is 4. The van der Waals surface area contributed by atoms with Gasteiger partial charge in [-0.15, -0.1) is 0 Å². The van der Waals surface area contributed by atoms with E-state index in [-0.39, 0.29) is 0 Å². The summed E-state index contributed by atoms with van der Waals surface area (Å²) in [6, 6.07) is -1.32. The molecule has 0 saturated carbocycles. The lowest BCUT2D eigenvalue weighted by molar-refractivity contribution is -0.139. The fourth-order valence-corrected chi connectivity index (χ4v) is 0.483. The molecule has 0 aromatic rings. The van der Waals surface area contributed by atoms with Gasteiger partial charge < -0.3 is 21.7 Å². The maximum absolute atomic E-state index is 12.4. The lowest BCUT2D eigenvalue weighted by atomic mass is 10.1. The van der Waals surface area contributed by atoms with E-state index in [1.807, 2.05) is 0 Å². The Bertz CT molecular complexity index is 142. The molecule has 0 aliphatic rings. The fourth-order valence-electron chi connectivity index (χ4n) is 0.483. The van der Waals surface area contributed by atoms with Crippen LogP contribution in [0.3, 0.4) is 0 Å². The van der Waals surface area contributed by atoms with E-state index < -0.39 is 30.8 Å². The van der Waals surface area contributed by atoms with Gasteiger partial charge in [-0.1, -0.05) is 0 Å². The molecule has 0 heterocycles. The van der Waals surface area contributed by atoms with Crippen molar-refractivity contribution in [2.75, 3.05) is 0 Å². The van der Waals surface area contributed by atoms with Crippen molar-refractivity contribution in [1.82, 2.24) is 0 Å². The minimum Gasteiger partial charge on any atom is -0.480 e. The molecule has 0 amide bonds. The molecule has 0 rings (SSSR count). The summed E-state index contributed by atoms with van der Waals surface area (Å²) in [5.41, 5.74) is 9.67. The first-order chi connectivity index (χ1) is 4.95. The van der Waals surface area contributed by atoms with Crippen LogP contribution >= 0.6 is 0 Å². The third-order valence-electron chi connectivity index (χ3n) is 1.17. The summed E-state index contributed by atoms with van der Waals surface area (Å²) >= 11 is 0. The van der Waals surface area contributed by atoms with Crippen molar-refractivity contribution in [3.63, 3.8) is 0 Å². The van der Waals surface area contributed by atoms with Crippen molar-refractivity contribution in [3.8, 4) is 0 Å². The number of nitrogens with two attached hydrogens (primary N) is 2. The summed E-state index contributed by atoms with van der Waals surface area (Å²) < 4.78 is 12.4. The van der Waals surface area contributed by atoms with Crippen LogP contribution in [0.1, 0.15) is 6.42 Å². The predicted octanol–water partition coefficient (Wildman–Crippen LogP) is -1.60. The van der Waals surface area contributed by atoms with Gasteiger partial charge in [-0.25, -0.2) is 4.39 Å². The average Bonchev–Trinajstić information content (AvgIpc) is 1.87. The molecule has 1 unspecified atom stereocenters. The van der Waals surface area contributed by atoms with Gasteiger partial charge in [0.15, 0.2) is 0 Å². The molecule has 11 heavy (non-hydrogen) atoms. The highest BCUT2D eigenvalue weighted by Gasteiger charge is 2.21. The van der Waals surface area contributed by atoms with Crippen LogP contribution in [0.5, 0.6) is 0 Å². The van der Waals surface area contributed by atoms with Gasteiger partial charge in [0.2, 0.25) is 0 Å². The molecule has 0 radical (unpaired) electrons. The molecule has 3 atom stereocenters. The molecule has 6 N–H and O–H groups in total. The lowest BCUT2D eigenvalue weighted by Crippen LogP contribution is -2.39. The van der Waals surface area contributed by atoms with Crippen molar-refractivity contribution in [2.45, 2.75) is 24.9 Å². The number of halogens is 1. The molecule has 0 fully saturated rings. The van der Waals surface area contributed by atoms with E-state index in [1.165, 1.54) is 0 Å². The first kappa shape index (κ1) is 10.3. The van der Waals surface area contributed by atoms with Gasteiger partial charge in [-0.2, -0.15) is 0 Å². The van der Waals surface area contributed by atoms with Crippen LogP contribution in [0, 0.1) is 0 Å². The highest BCUT2D eigenvalue weighted by molar-refractivity contribution is 5.73. The van der Waals surface area contributed by atoms with Crippen LogP contribution in [0.25, 0.3) is 0 Å². The summed E-state index contributed by atoms with van der Waals surface area (Å²) in [4.78, 5) is 10.0. The molecule has 0 aromatic carbocycles. The Labute approximate surface area is 62.8 Å². The Morgan fingerprint density at radius 2 is 2.00 bits per heavy atom. The Morgan fingerprint density at radius 3 is 2.27 bits per heavy atom. The molecule has 0 saturated heterocycles. The quantitative estimate of drug-likeness (QED) is 0.375. The van der Waals surface area contributed by atoms with Gasteiger partial charge in [0.05, 0.1) is 0 Å². The third kappa shape index (κ3) is 3.87. The second kappa shape index (κ2) is 4.22. The van der Waals surface area contributed by atoms with E-state index >= 15 is 0 Å². The Hall–Kier alpha value is -0.720. The number of aliphatic hydroxyl groups excluding tert-OH is 1. The monoisotopic (exact) mass is 165 g/mol. The van der Waals surface area contributed by atoms with Gasteiger partial charge in [0.1, 0.15) is 18.4 Å². The lowest BCUT2D eigenvalue weighted by Gasteiger charge is -2.12. The van der Waals surface area contributed by atoms with Gasteiger partial charge in [0.25, 0.3) is 0 Å². The van der Waals surface area contributed by atoms with E-state index in [2.05, 4.69) is 0 Å². The van der Waals surface area contributed by atoms with Crippen LogP contribution in [0.15, 0.2) is 0 Å². The molecule has 0 aliphatic carbocycles. The number of carboxylic acids is 1. The highest BCUT2D eigenvalue weighted by atomic mass is 18.2. The molecule has 0 bridgehead atoms. The Kier molecular flexibility index (Phi) is 3.94. The van der Waals surface area contributed by atoms with Crippen molar-refractivity contribution < 1.29 is 19.4 Å². The topological polar surface area (TPSA) is 110 Å². The van der Waals surface area contributed by atoms with E-state index in [0.29, 0.717) is 0 Å². The van der Waals surface area contributed by atoms with Crippen LogP contribution in [0.4, 0.5) is 4.39 Å². The molecule has 5 nitrogen and oxygen atoms in total. The van der Waals surface area contributed by atoms with Crippen molar-refractivity contribution in [1.29, 1.82) is 0 Å². The van der Waals surface area contributed by atoms with Crippen LogP contribution in [-0.4, -0.2) is 34.6 Å². The largest absolute Gasteiger partial charge is 0.480 e. The minimum absolute atomic E-state index is 0.479. The number of aliphatic hydroxyl groups is 1. The summed E-state index contributed by atoms with van der Waals surface area (Å²) in [5, 5.41) is 16.6. The van der Waals surface area contributed by atoms with E-state index in [0.717, 1.165) is 0 Å². The number of carboxylic acid groups (broad SMARTS) is 1. The smallest absolute Gasteiger partial charge is 0.320 e. The maximum Gasteiger partial charge on any atom is 0.320 e. The molecular weight excluding hydrogens is 154 g/mol. The molecule has 66 valence electrons. The summed E-state index contributed by atoms with van der Waals surface area (Å²) in [7, 11) is 0. The number of aliphatic carboxylic acids is 1. The molecule has 6 heteroatoms. The normalized spacial score (nSPS) is 18.9. The maximum atomic E-state index is 12.4. The Balaban J connectivity index is 3.75. The highest BCUT2D eigenvalue weighted by Crippen LogP contribution is 2.02. The molecule has 0 aromatic heterocycles. The first-order valence-corrected chi connectivity index (χ1v) is 3.01. The van der Waals surface area contributed by atoms with Crippen molar-refractivity contribution in [3.05, 3.63) is 0 Å². The second-order valence-electron chi connectivity index (χ2n) is 2.19. The van der Waals surface area contributed by atoms with Gasteiger partial charge >= 0.3 is 5.97 Å². The van der Waals surface area contributed by atoms with E-state index in [4.69, 9.17) is 21.7 Å². The van der Waals surface area contributed by atoms with E-state index in [1.54, 1.807) is 0 Å². The SMILES string of the molecule is NC(O)[C@@H]([18F])C[C@H](N)C(=O)O. The van der Waals surface area contributed by atoms with E-state index in [9.17, 15) is 9.18 Å². The van der Waals surface area contributed by atoms with Gasteiger partial charge in [-0.05, 0) is 0 Å². The number of hydrogen-bond donors (Lipinski definition) is 4.